The van der Waals surface area contributed by atoms with Crippen LogP contribution in [0.25, 0.3) is 0 Å². The highest BCUT2D eigenvalue weighted by atomic mass is 79.9. The Labute approximate surface area is 184 Å². The Morgan fingerprint density at radius 2 is 1.97 bits per heavy atom. The summed E-state index contributed by atoms with van der Waals surface area (Å²) >= 11 is 3.31. The first-order chi connectivity index (χ1) is 14.4. The molecule has 0 radical (unpaired) electrons. The van der Waals surface area contributed by atoms with Crippen molar-refractivity contribution in [2.75, 3.05) is 14.2 Å². The van der Waals surface area contributed by atoms with Gasteiger partial charge in [-0.05, 0) is 66.0 Å². The first kappa shape index (κ1) is 21.3. The van der Waals surface area contributed by atoms with Crippen LogP contribution >= 0.6 is 15.9 Å². The van der Waals surface area contributed by atoms with Gasteiger partial charge in [0, 0.05) is 11.6 Å². The third-order valence-electron chi connectivity index (χ3n) is 6.32. The number of carbonyl (C=O) groups is 1. The highest BCUT2D eigenvalue weighted by Gasteiger charge is 2.40. The molecule has 2 unspecified atom stereocenters. The fourth-order valence-corrected chi connectivity index (χ4v) is 4.98. The lowest BCUT2D eigenvalue weighted by atomic mass is 9.81. The van der Waals surface area contributed by atoms with Crippen molar-refractivity contribution in [1.29, 1.82) is 0 Å². The van der Waals surface area contributed by atoms with Crippen LogP contribution in [0.4, 0.5) is 4.39 Å². The van der Waals surface area contributed by atoms with E-state index in [1.54, 1.807) is 13.2 Å². The summed E-state index contributed by atoms with van der Waals surface area (Å²) < 4.78 is 32.0. The maximum Gasteiger partial charge on any atom is 0.309 e. The largest absolute Gasteiger partial charge is 0.469 e. The molecule has 0 spiro atoms. The monoisotopic (exact) mass is 476 g/mol. The summed E-state index contributed by atoms with van der Waals surface area (Å²) in [7, 11) is 3.01. The zero-order valence-electron chi connectivity index (χ0n) is 17.4. The van der Waals surface area contributed by atoms with Gasteiger partial charge >= 0.3 is 5.97 Å². The lowest BCUT2D eigenvalue weighted by Gasteiger charge is -2.34. The van der Waals surface area contributed by atoms with Crippen LogP contribution in [0.1, 0.15) is 48.3 Å². The fraction of sp³-hybridized carbons (Fsp3) is 0.458. The van der Waals surface area contributed by atoms with E-state index in [4.69, 9.17) is 14.2 Å². The number of rotatable bonds is 6. The predicted octanol–water partition coefficient (Wildman–Crippen LogP) is 5.58. The van der Waals surface area contributed by atoms with E-state index in [2.05, 4.69) is 22.0 Å². The first-order valence-corrected chi connectivity index (χ1v) is 11.1. The van der Waals surface area contributed by atoms with Gasteiger partial charge in [0.15, 0.2) is 0 Å². The predicted molar refractivity (Wildman–Crippen MR) is 115 cm³/mol. The summed E-state index contributed by atoms with van der Waals surface area (Å²) in [6.07, 6.45) is 2.28. The Hall–Kier alpha value is -1.92. The van der Waals surface area contributed by atoms with Gasteiger partial charge in [-0.2, -0.15) is 0 Å². The maximum atomic E-state index is 14.7. The quantitative estimate of drug-likeness (QED) is 0.510. The lowest BCUT2D eigenvalue weighted by Crippen LogP contribution is -2.33. The summed E-state index contributed by atoms with van der Waals surface area (Å²) in [4.78, 5) is 12.2. The number of esters is 1. The van der Waals surface area contributed by atoms with Gasteiger partial charge in [-0.25, -0.2) is 4.39 Å². The molecule has 4 atom stereocenters. The average Bonchev–Trinajstić information content (AvgIpc) is 3.57. The minimum atomic E-state index is -0.563. The molecular formula is C24H26BrFO4. The second-order valence-electron chi connectivity index (χ2n) is 8.24. The summed E-state index contributed by atoms with van der Waals surface area (Å²) in [6, 6.07) is 11.2. The number of benzene rings is 2. The van der Waals surface area contributed by atoms with Crippen molar-refractivity contribution in [3.05, 3.63) is 63.4 Å². The zero-order chi connectivity index (χ0) is 21.4. The number of hydrogen-bond donors (Lipinski definition) is 0. The zero-order valence-corrected chi connectivity index (χ0v) is 18.9. The molecule has 0 saturated heterocycles. The topological polar surface area (TPSA) is 44.8 Å². The molecule has 4 rings (SSSR count). The Morgan fingerprint density at radius 1 is 1.20 bits per heavy atom. The standard InChI is InChI=1S/C24H26BrFO4/c1-13(23(27)28-2)22(14-4-5-14)15-6-9-21-16(10-15)11-19(24(29-3)30-21)18-8-7-17(25)12-20(18)26/h6-10,12-14,19,22,24H,4-5,11H2,1-3H3/t13-,19?,22-,24?/m0/s1. The van der Waals surface area contributed by atoms with Crippen LogP contribution in [0.3, 0.4) is 0 Å². The third-order valence-corrected chi connectivity index (χ3v) is 6.81. The summed E-state index contributed by atoms with van der Waals surface area (Å²) in [5, 5.41) is 0. The van der Waals surface area contributed by atoms with E-state index in [0.717, 1.165) is 29.7 Å². The number of fused-ring (bicyclic) bond motifs is 1. The molecule has 1 fully saturated rings. The van der Waals surface area contributed by atoms with E-state index < -0.39 is 6.29 Å². The number of hydrogen-bond acceptors (Lipinski definition) is 4. The van der Waals surface area contributed by atoms with E-state index >= 15 is 0 Å². The van der Waals surface area contributed by atoms with Crippen LogP contribution < -0.4 is 4.74 Å². The second-order valence-corrected chi connectivity index (χ2v) is 9.16. The average molecular weight is 477 g/mol. The molecule has 1 aliphatic heterocycles. The van der Waals surface area contributed by atoms with Crippen molar-refractivity contribution in [2.45, 2.75) is 44.3 Å². The third kappa shape index (κ3) is 4.12. The second kappa shape index (κ2) is 8.67. The molecule has 1 saturated carbocycles. The normalized spacial score (nSPS) is 22.6. The van der Waals surface area contributed by atoms with Gasteiger partial charge in [0.25, 0.3) is 0 Å². The highest BCUT2D eigenvalue weighted by Crippen LogP contribution is 2.48. The molecule has 2 aromatic carbocycles. The van der Waals surface area contributed by atoms with Gasteiger partial charge in [-0.1, -0.05) is 41.1 Å². The van der Waals surface area contributed by atoms with E-state index in [1.165, 1.54) is 13.2 Å². The minimum Gasteiger partial charge on any atom is -0.469 e. The maximum absolute atomic E-state index is 14.7. The number of methoxy groups -OCH3 is 2. The van der Waals surface area contributed by atoms with Gasteiger partial charge < -0.3 is 14.2 Å². The van der Waals surface area contributed by atoms with Crippen LogP contribution in [0.2, 0.25) is 0 Å². The molecule has 160 valence electrons. The fourth-order valence-electron chi connectivity index (χ4n) is 4.65. The van der Waals surface area contributed by atoms with Crippen molar-refractivity contribution in [3.8, 4) is 5.75 Å². The van der Waals surface area contributed by atoms with Gasteiger partial charge in [-0.3, -0.25) is 4.79 Å². The Balaban J connectivity index is 1.67. The minimum absolute atomic E-state index is 0.116. The van der Waals surface area contributed by atoms with Crippen molar-refractivity contribution in [3.63, 3.8) is 0 Å². The molecule has 2 aromatic rings. The SMILES string of the molecule is COC(=O)[C@@H](C)[C@H](c1ccc2c(c1)CC(c1ccc(Br)cc1F)C(OC)O2)C1CC1. The summed E-state index contributed by atoms with van der Waals surface area (Å²) in [6.45, 7) is 1.94. The van der Waals surface area contributed by atoms with E-state index in [1.807, 2.05) is 25.1 Å². The molecule has 30 heavy (non-hydrogen) atoms. The highest BCUT2D eigenvalue weighted by molar-refractivity contribution is 9.10. The Morgan fingerprint density at radius 3 is 2.60 bits per heavy atom. The van der Waals surface area contributed by atoms with Crippen LogP contribution in [0, 0.1) is 17.7 Å². The van der Waals surface area contributed by atoms with Crippen LogP contribution in [-0.2, 0) is 20.7 Å². The molecule has 6 heteroatoms. The van der Waals surface area contributed by atoms with Crippen molar-refractivity contribution in [1.82, 2.24) is 0 Å². The molecule has 0 bridgehead atoms. The molecule has 2 aliphatic rings. The molecule has 0 amide bonds. The molecular weight excluding hydrogens is 451 g/mol. The summed E-state index contributed by atoms with van der Waals surface area (Å²) in [5.74, 6) is 0.420. The smallest absolute Gasteiger partial charge is 0.309 e. The first-order valence-electron chi connectivity index (χ1n) is 10.3. The van der Waals surface area contributed by atoms with Gasteiger partial charge in [0.1, 0.15) is 11.6 Å². The van der Waals surface area contributed by atoms with Crippen LogP contribution in [0.15, 0.2) is 40.9 Å². The van der Waals surface area contributed by atoms with Crippen molar-refractivity contribution >= 4 is 21.9 Å². The van der Waals surface area contributed by atoms with E-state index in [9.17, 15) is 9.18 Å². The number of halogens is 2. The lowest BCUT2D eigenvalue weighted by molar-refractivity contribution is -0.145. The van der Waals surface area contributed by atoms with E-state index in [-0.39, 0.29) is 29.5 Å². The van der Waals surface area contributed by atoms with Crippen molar-refractivity contribution in [2.24, 2.45) is 11.8 Å². The molecule has 0 N–H and O–H groups in total. The van der Waals surface area contributed by atoms with Gasteiger partial charge in [0.2, 0.25) is 6.29 Å². The van der Waals surface area contributed by atoms with Crippen LogP contribution in [-0.4, -0.2) is 26.5 Å². The number of ether oxygens (including phenoxy) is 3. The van der Waals surface area contributed by atoms with Crippen molar-refractivity contribution < 1.29 is 23.4 Å². The van der Waals surface area contributed by atoms with E-state index in [0.29, 0.717) is 22.4 Å². The molecule has 0 aromatic heterocycles. The van der Waals surface area contributed by atoms with Crippen LogP contribution in [0.5, 0.6) is 5.75 Å². The number of carbonyl (C=O) groups excluding carboxylic acids is 1. The summed E-state index contributed by atoms with van der Waals surface area (Å²) in [5.41, 5.74) is 2.70. The Kier molecular flexibility index (Phi) is 6.16. The Bertz CT molecular complexity index is 943. The molecule has 1 heterocycles. The molecule has 4 nitrogen and oxygen atoms in total. The molecule has 1 aliphatic carbocycles. The van der Waals surface area contributed by atoms with Gasteiger partial charge in [-0.15, -0.1) is 0 Å². The van der Waals surface area contributed by atoms with Gasteiger partial charge in [0.05, 0.1) is 18.9 Å².